The Labute approximate surface area is 160 Å². The van der Waals surface area contributed by atoms with Crippen LogP contribution < -0.4 is 5.32 Å². The lowest BCUT2D eigenvalue weighted by molar-refractivity contribution is -0.140. The van der Waals surface area contributed by atoms with Gasteiger partial charge in [0, 0.05) is 37.0 Å². The lowest BCUT2D eigenvalue weighted by atomic mass is 9.88. The number of nitrogens with one attached hydrogen (secondary N) is 1. The SMILES string of the molecule is CCC(=O)N1C(C(=O)NCCc2ccccn2)CSC1C1CCCCC1. The molecule has 1 aromatic rings. The van der Waals surface area contributed by atoms with Gasteiger partial charge in [-0.3, -0.25) is 14.6 Å². The topological polar surface area (TPSA) is 62.3 Å². The number of aromatic nitrogens is 1. The lowest BCUT2D eigenvalue weighted by Gasteiger charge is -2.35. The van der Waals surface area contributed by atoms with Gasteiger partial charge in [0.05, 0.1) is 5.37 Å². The maximum absolute atomic E-state index is 12.8. The van der Waals surface area contributed by atoms with Gasteiger partial charge in [-0.2, -0.15) is 0 Å². The van der Waals surface area contributed by atoms with Gasteiger partial charge in [0.15, 0.2) is 0 Å². The molecule has 6 heteroatoms. The maximum Gasteiger partial charge on any atom is 0.243 e. The Morgan fingerprint density at radius 2 is 2.08 bits per heavy atom. The van der Waals surface area contributed by atoms with Gasteiger partial charge in [0.1, 0.15) is 6.04 Å². The highest BCUT2D eigenvalue weighted by Crippen LogP contribution is 2.40. The first-order valence-electron chi connectivity index (χ1n) is 9.81. The molecule has 0 radical (unpaired) electrons. The predicted molar refractivity (Wildman–Crippen MR) is 105 cm³/mol. The summed E-state index contributed by atoms with van der Waals surface area (Å²) >= 11 is 1.80. The zero-order valence-electron chi connectivity index (χ0n) is 15.5. The van der Waals surface area contributed by atoms with Crippen molar-refractivity contribution in [2.24, 2.45) is 5.92 Å². The number of carbonyl (C=O) groups is 2. The van der Waals surface area contributed by atoms with Crippen molar-refractivity contribution in [1.82, 2.24) is 15.2 Å². The Balaban J connectivity index is 1.59. The average Bonchev–Trinajstić information content (AvgIpc) is 3.14. The highest BCUT2D eigenvalue weighted by molar-refractivity contribution is 8.00. The Morgan fingerprint density at radius 3 is 2.77 bits per heavy atom. The number of amides is 2. The number of thioether (sulfide) groups is 1. The minimum Gasteiger partial charge on any atom is -0.354 e. The molecule has 0 bridgehead atoms. The van der Waals surface area contributed by atoms with Gasteiger partial charge >= 0.3 is 0 Å². The Bertz CT molecular complexity index is 604. The van der Waals surface area contributed by atoms with Crippen LogP contribution >= 0.6 is 11.8 Å². The number of hydrogen-bond acceptors (Lipinski definition) is 4. The fourth-order valence-corrected chi connectivity index (χ4v) is 5.65. The zero-order valence-corrected chi connectivity index (χ0v) is 16.3. The van der Waals surface area contributed by atoms with E-state index < -0.39 is 0 Å². The third-order valence-corrected chi connectivity index (χ3v) is 6.85. The Hall–Kier alpha value is -1.56. The molecule has 0 spiro atoms. The second-order valence-corrected chi connectivity index (χ2v) is 8.30. The van der Waals surface area contributed by atoms with Gasteiger partial charge in [-0.15, -0.1) is 11.8 Å². The van der Waals surface area contributed by atoms with Gasteiger partial charge < -0.3 is 10.2 Å². The summed E-state index contributed by atoms with van der Waals surface area (Å²) in [6.45, 7) is 2.44. The standard InChI is InChI=1S/C20H29N3O2S/c1-2-18(24)23-17(14-26-20(23)15-8-4-3-5-9-15)19(25)22-13-11-16-10-6-7-12-21-16/h6-7,10,12,15,17,20H,2-5,8-9,11,13-14H2,1H3,(H,22,25). The van der Waals surface area contributed by atoms with Crippen LogP contribution in [0.2, 0.25) is 0 Å². The van der Waals surface area contributed by atoms with Gasteiger partial charge in [-0.1, -0.05) is 32.3 Å². The van der Waals surface area contributed by atoms with Crippen LogP contribution in [0.4, 0.5) is 0 Å². The van der Waals surface area contributed by atoms with Crippen LogP contribution in [0.25, 0.3) is 0 Å². The van der Waals surface area contributed by atoms with E-state index in [-0.39, 0.29) is 23.2 Å². The van der Waals surface area contributed by atoms with Crippen LogP contribution in [0.1, 0.15) is 51.1 Å². The predicted octanol–water partition coefficient (Wildman–Crippen LogP) is 3.00. The van der Waals surface area contributed by atoms with E-state index in [9.17, 15) is 9.59 Å². The second-order valence-electron chi connectivity index (χ2n) is 7.15. The van der Waals surface area contributed by atoms with E-state index in [1.807, 2.05) is 30.0 Å². The van der Waals surface area contributed by atoms with E-state index in [1.165, 1.54) is 32.1 Å². The molecule has 2 fully saturated rings. The number of hydrogen-bond donors (Lipinski definition) is 1. The highest BCUT2D eigenvalue weighted by Gasteiger charge is 2.44. The molecule has 1 aromatic heterocycles. The molecule has 1 aliphatic heterocycles. The van der Waals surface area contributed by atoms with Crippen LogP contribution in [-0.4, -0.2) is 45.4 Å². The molecule has 142 valence electrons. The fourth-order valence-electron chi connectivity index (χ4n) is 3.99. The first kappa shape index (κ1) is 19.2. The van der Waals surface area contributed by atoms with Gasteiger partial charge in [-0.05, 0) is 30.9 Å². The molecular formula is C20H29N3O2S. The third-order valence-electron chi connectivity index (χ3n) is 5.39. The molecule has 1 aliphatic carbocycles. The van der Waals surface area contributed by atoms with Crippen molar-refractivity contribution in [2.75, 3.05) is 12.3 Å². The van der Waals surface area contributed by atoms with Gasteiger partial charge in [0.25, 0.3) is 0 Å². The van der Waals surface area contributed by atoms with Crippen LogP contribution in [0, 0.1) is 5.92 Å². The minimum atomic E-state index is -0.330. The first-order valence-corrected chi connectivity index (χ1v) is 10.9. The van der Waals surface area contributed by atoms with Crippen molar-refractivity contribution in [3.63, 3.8) is 0 Å². The van der Waals surface area contributed by atoms with E-state index in [1.54, 1.807) is 18.0 Å². The zero-order chi connectivity index (χ0) is 18.4. The van der Waals surface area contributed by atoms with Crippen LogP contribution in [0.5, 0.6) is 0 Å². The monoisotopic (exact) mass is 375 g/mol. The van der Waals surface area contributed by atoms with Crippen molar-refractivity contribution in [3.05, 3.63) is 30.1 Å². The summed E-state index contributed by atoms with van der Waals surface area (Å²) in [7, 11) is 0. The van der Waals surface area contributed by atoms with Gasteiger partial charge in [0.2, 0.25) is 11.8 Å². The summed E-state index contributed by atoms with van der Waals surface area (Å²) in [5, 5.41) is 3.19. The molecule has 2 aliphatic rings. The van der Waals surface area contributed by atoms with Crippen molar-refractivity contribution in [1.29, 1.82) is 0 Å². The largest absolute Gasteiger partial charge is 0.354 e. The van der Waals surface area contributed by atoms with E-state index in [0.29, 0.717) is 31.1 Å². The molecule has 0 aromatic carbocycles. The number of pyridine rings is 1. The van der Waals surface area contributed by atoms with Crippen LogP contribution in [0.3, 0.4) is 0 Å². The molecule has 26 heavy (non-hydrogen) atoms. The average molecular weight is 376 g/mol. The van der Waals surface area contributed by atoms with E-state index in [0.717, 1.165) is 5.69 Å². The maximum atomic E-state index is 12.8. The summed E-state index contributed by atoms with van der Waals surface area (Å²) in [5.74, 6) is 1.34. The number of rotatable bonds is 6. The highest BCUT2D eigenvalue weighted by atomic mass is 32.2. The van der Waals surface area contributed by atoms with Crippen LogP contribution in [-0.2, 0) is 16.0 Å². The quantitative estimate of drug-likeness (QED) is 0.830. The molecular weight excluding hydrogens is 346 g/mol. The second kappa shape index (κ2) is 9.40. The van der Waals surface area contributed by atoms with Crippen molar-refractivity contribution in [2.45, 2.75) is 63.3 Å². The fraction of sp³-hybridized carbons (Fsp3) is 0.650. The smallest absolute Gasteiger partial charge is 0.243 e. The molecule has 2 unspecified atom stereocenters. The first-order chi connectivity index (χ1) is 12.7. The summed E-state index contributed by atoms with van der Waals surface area (Å²) in [5.41, 5.74) is 0.968. The van der Waals surface area contributed by atoms with Crippen molar-refractivity contribution >= 4 is 23.6 Å². The molecule has 1 N–H and O–H groups in total. The normalized spacial score (nSPS) is 23.8. The minimum absolute atomic E-state index is 0.0199. The molecule has 2 amide bonds. The summed E-state index contributed by atoms with van der Waals surface area (Å²) < 4.78 is 0. The Kier molecular flexibility index (Phi) is 6.94. The van der Waals surface area contributed by atoms with Gasteiger partial charge in [-0.25, -0.2) is 0 Å². The molecule has 2 atom stereocenters. The summed E-state index contributed by atoms with van der Waals surface area (Å²) in [6, 6.07) is 5.47. The lowest BCUT2D eigenvalue weighted by Crippen LogP contribution is -2.51. The number of carbonyl (C=O) groups excluding carboxylic acids is 2. The van der Waals surface area contributed by atoms with E-state index in [2.05, 4.69) is 10.3 Å². The molecule has 5 nitrogen and oxygen atoms in total. The van der Waals surface area contributed by atoms with E-state index >= 15 is 0 Å². The van der Waals surface area contributed by atoms with Crippen molar-refractivity contribution in [3.8, 4) is 0 Å². The molecule has 1 saturated carbocycles. The van der Waals surface area contributed by atoms with E-state index in [4.69, 9.17) is 0 Å². The van der Waals surface area contributed by atoms with Crippen LogP contribution in [0.15, 0.2) is 24.4 Å². The third kappa shape index (κ3) is 4.58. The van der Waals surface area contributed by atoms with Crippen molar-refractivity contribution < 1.29 is 9.59 Å². The summed E-state index contributed by atoms with van der Waals surface area (Å²) in [6.07, 6.45) is 9.09. The molecule has 1 saturated heterocycles. The number of nitrogens with zero attached hydrogens (tertiary/aromatic N) is 2. The molecule has 2 heterocycles. The Morgan fingerprint density at radius 1 is 1.27 bits per heavy atom. The molecule has 3 rings (SSSR count). The summed E-state index contributed by atoms with van der Waals surface area (Å²) in [4.78, 5) is 31.5.